The molecule has 12 heteroatoms. The average Bonchev–Trinajstić information content (AvgIpc) is 2.80. The maximum absolute atomic E-state index is 11.0. The molecule has 2 heterocycles. The smallest absolute Gasteiger partial charge is 0.335 e. The van der Waals surface area contributed by atoms with Gasteiger partial charge in [0, 0.05) is 0 Å². The minimum Gasteiger partial charge on any atom is -0.479 e. The van der Waals surface area contributed by atoms with E-state index in [4.69, 9.17) is 24.4 Å². The molecule has 0 aliphatic carbocycles. The maximum Gasteiger partial charge on any atom is 0.335 e. The molecule has 2 aliphatic heterocycles. The summed E-state index contributed by atoms with van der Waals surface area (Å²) in [6.07, 6.45) is -14.6. The molecular formula is C12H20O12. The van der Waals surface area contributed by atoms with Crippen molar-refractivity contribution >= 4 is 5.97 Å². The first-order valence-electron chi connectivity index (χ1n) is 7.04. The van der Waals surface area contributed by atoms with Gasteiger partial charge in [0.1, 0.15) is 43.2 Å². The van der Waals surface area contributed by atoms with Gasteiger partial charge in [0.05, 0.1) is 6.61 Å². The fraction of sp³-hybridized carbons (Fsp3) is 0.917. The third-order valence-corrected chi connectivity index (χ3v) is 4.03. The van der Waals surface area contributed by atoms with Crippen LogP contribution in [0.5, 0.6) is 0 Å². The van der Waals surface area contributed by atoms with Gasteiger partial charge in [0.15, 0.2) is 12.4 Å². The van der Waals surface area contributed by atoms with E-state index < -0.39 is 74.0 Å². The van der Waals surface area contributed by atoms with Crippen molar-refractivity contribution in [2.45, 2.75) is 54.8 Å². The predicted molar refractivity (Wildman–Crippen MR) is 69.2 cm³/mol. The lowest BCUT2D eigenvalue weighted by molar-refractivity contribution is -0.379. The second kappa shape index (κ2) is 7.13. The Kier molecular flexibility index (Phi) is 5.76. The summed E-state index contributed by atoms with van der Waals surface area (Å²) in [6.45, 7) is -1.78. The van der Waals surface area contributed by atoms with Gasteiger partial charge in [0.25, 0.3) is 0 Å². The molecule has 3 unspecified atom stereocenters. The molecule has 24 heavy (non-hydrogen) atoms. The van der Waals surface area contributed by atoms with Crippen molar-refractivity contribution < 1.29 is 59.9 Å². The van der Waals surface area contributed by atoms with Crippen LogP contribution in [-0.4, -0.2) is 115 Å². The van der Waals surface area contributed by atoms with E-state index in [0.717, 1.165) is 0 Å². The number of hydrogen-bond acceptors (Lipinski definition) is 11. The fourth-order valence-electron chi connectivity index (χ4n) is 2.62. The highest BCUT2D eigenvalue weighted by Gasteiger charge is 2.58. The monoisotopic (exact) mass is 356 g/mol. The lowest BCUT2D eigenvalue weighted by Crippen LogP contribution is -2.63. The van der Waals surface area contributed by atoms with Crippen LogP contribution in [0.1, 0.15) is 0 Å². The van der Waals surface area contributed by atoms with E-state index in [1.807, 2.05) is 0 Å². The van der Waals surface area contributed by atoms with Crippen molar-refractivity contribution in [2.75, 3.05) is 13.2 Å². The maximum atomic E-state index is 11.0. The largest absolute Gasteiger partial charge is 0.479 e. The van der Waals surface area contributed by atoms with Crippen LogP contribution in [-0.2, 0) is 19.0 Å². The molecule has 0 aromatic heterocycles. The third kappa shape index (κ3) is 3.13. The minimum atomic E-state index is -2.34. The quantitative estimate of drug-likeness (QED) is 0.232. The summed E-state index contributed by atoms with van der Waals surface area (Å²) in [7, 11) is 0. The van der Waals surface area contributed by atoms with Crippen LogP contribution in [0.2, 0.25) is 0 Å². The average molecular weight is 356 g/mol. The van der Waals surface area contributed by atoms with E-state index in [0.29, 0.717) is 0 Å². The van der Waals surface area contributed by atoms with Crippen LogP contribution in [0.15, 0.2) is 0 Å². The van der Waals surface area contributed by atoms with Gasteiger partial charge in [-0.1, -0.05) is 0 Å². The predicted octanol–water partition coefficient (Wildman–Crippen LogP) is -5.30. The molecule has 8 N–H and O–H groups in total. The van der Waals surface area contributed by atoms with Crippen LogP contribution < -0.4 is 0 Å². The lowest BCUT2D eigenvalue weighted by atomic mass is 9.98. The molecular weight excluding hydrogens is 336 g/mol. The van der Waals surface area contributed by atoms with Crippen molar-refractivity contribution in [1.82, 2.24) is 0 Å². The number of aliphatic hydroxyl groups is 7. The molecule has 2 saturated heterocycles. The Morgan fingerprint density at radius 2 is 1.62 bits per heavy atom. The zero-order chi connectivity index (χ0) is 18.2. The number of ether oxygens (including phenoxy) is 3. The van der Waals surface area contributed by atoms with Gasteiger partial charge >= 0.3 is 5.97 Å². The molecule has 2 rings (SSSR count). The van der Waals surface area contributed by atoms with Gasteiger partial charge in [-0.05, 0) is 0 Å². The molecule has 0 spiro atoms. The normalized spacial score (nSPS) is 49.3. The summed E-state index contributed by atoms with van der Waals surface area (Å²) in [4.78, 5) is 11.0. The Bertz CT molecular complexity index is 459. The first-order chi connectivity index (χ1) is 11.2. The first-order valence-corrected chi connectivity index (χ1v) is 7.04. The molecule has 12 nitrogen and oxygen atoms in total. The molecule has 0 saturated carbocycles. The fourth-order valence-corrected chi connectivity index (χ4v) is 2.62. The van der Waals surface area contributed by atoms with E-state index in [1.165, 1.54) is 0 Å². The number of hydrogen-bond donors (Lipinski definition) is 8. The number of carboxylic acid groups (broad SMARTS) is 1. The number of carbonyl (C=O) groups is 1. The first kappa shape index (κ1) is 19.4. The van der Waals surface area contributed by atoms with Crippen molar-refractivity contribution in [3.63, 3.8) is 0 Å². The highest BCUT2D eigenvalue weighted by atomic mass is 16.8. The van der Waals surface area contributed by atoms with Crippen molar-refractivity contribution in [3.8, 4) is 0 Å². The van der Waals surface area contributed by atoms with Gasteiger partial charge in [0.2, 0.25) is 5.79 Å². The Morgan fingerprint density at radius 3 is 2.08 bits per heavy atom. The number of aliphatic carboxylic acids is 1. The molecule has 140 valence electrons. The number of aliphatic hydroxyl groups excluding tert-OH is 7. The minimum absolute atomic E-state index is 0.726. The Hall–Kier alpha value is -0.930. The zero-order valence-electron chi connectivity index (χ0n) is 12.2. The van der Waals surface area contributed by atoms with Crippen molar-refractivity contribution in [2.24, 2.45) is 0 Å². The van der Waals surface area contributed by atoms with E-state index in [-0.39, 0.29) is 0 Å². The second-order valence-electron chi connectivity index (χ2n) is 5.60. The number of carboxylic acids is 1. The SMILES string of the molecule is O=C(O)C1O[C@H](O[C@]2(CO)O[C@H](CO)C(O)[C@H]2O)C(O)[C@@H](O)[C@H]1O. The zero-order valence-corrected chi connectivity index (χ0v) is 12.2. The lowest BCUT2D eigenvalue weighted by Gasteiger charge is -2.42. The summed E-state index contributed by atoms with van der Waals surface area (Å²) >= 11 is 0. The van der Waals surface area contributed by atoms with Crippen molar-refractivity contribution in [1.29, 1.82) is 0 Å². The molecule has 2 aliphatic rings. The summed E-state index contributed by atoms with van der Waals surface area (Å²) in [5.41, 5.74) is 0. The van der Waals surface area contributed by atoms with Crippen molar-refractivity contribution in [3.05, 3.63) is 0 Å². The Morgan fingerprint density at radius 1 is 1.00 bits per heavy atom. The van der Waals surface area contributed by atoms with Crippen LogP contribution in [0.25, 0.3) is 0 Å². The topological polar surface area (TPSA) is 207 Å². The summed E-state index contributed by atoms with van der Waals surface area (Å²) in [6, 6.07) is 0. The van der Waals surface area contributed by atoms with Crippen LogP contribution in [0.4, 0.5) is 0 Å². The molecule has 0 amide bonds. The highest BCUT2D eigenvalue weighted by molar-refractivity contribution is 5.73. The highest BCUT2D eigenvalue weighted by Crippen LogP contribution is 2.35. The van der Waals surface area contributed by atoms with E-state index in [2.05, 4.69) is 0 Å². The molecule has 0 aromatic carbocycles. The van der Waals surface area contributed by atoms with E-state index >= 15 is 0 Å². The molecule has 0 bridgehead atoms. The standard InChI is InChI=1S/C12H20O12/c13-1-3-4(15)9(19)12(2-14,23-3)24-11-7(18)5(16)6(17)8(22-11)10(20)21/h3-9,11,13-19H,1-2H2,(H,20,21)/t3-,4?,5+,6-,7?,8?,9-,11-,12+/m1/s1. The third-order valence-electron chi connectivity index (χ3n) is 4.03. The van der Waals surface area contributed by atoms with E-state index in [9.17, 15) is 35.4 Å². The van der Waals surface area contributed by atoms with E-state index in [1.54, 1.807) is 0 Å². The van der Waals surface area contributed by atoms with Crippen LogP contribution in [0, 0.1) is 0 Å². The summed E-state index contributed by atoms with van der Waals surface area (Å²) in [5.74, 6) is -4.00. The summed E-state index contributed by atoms with van der Waals surface area (Å²) in [5, 5.41) is 76.4. The Labute approximate surface area is 135 Å². The van der Waals surface area contributed by atoms with Crippen LogP contribution in [0.3, 0.4) is 0 Å². The molecule has 0 aromatic rings. The van der Waals surface area contributed by atoms with Gasteiger partial charge in [-0.3, -0.25) is 0 Å². The van der Waals surface area contributed by atoms with Gasteiger partial charge in [-0.15, -0.1) is 0 Å². The molecule has 2 fully saturated rings. The van der Waals surface area contributed by atoms with Gasteiger partial charge in [-0.2, -0.15) is 0 Å². The Balaban J connectivity index is 2.22. The molecule has 9 atom stereocenters. The van der Waals surface area contributed by atoms with Crippen LogP contribution >= 0.6 is 0 Å². The summed E-state index contributed by atoms with van der Waals surface area (Å²) < 4.78 is 15.0. The number of rotatable bonds is 5. The van der Waals surface area contributed by atoms with Gasteiger partial charge in [-0.25, -0.2) is 4.79 Å². The second-order valence-corrected chi connectivity index (χ2v) is 5.60. The molecule has 0 radical (unpaired) electrons. The van der Waals surface area contributed by atoms with Gasteiger partial charge < -0.3 is 55.1 Å².